The van der Waals surface area contributed by atoms with Crippen LogP contribution < -0.4 is 5.32 Å². The zero-order chi connectivity index (χ0) is 13.8. The molecule has 0 aliphatic rings. The summed E-state index contributed by atoms with van der Waals surface area (Å²) in [5, 5.41) is 14.1. The van der Waals surface area contributed by atoms with Gasteiger partial charge in [-0.15, -0.1) is 0 Å². The van der Waals surface area contributed by atoms with Gasteiger partial charge in [-0.1, -0.05) is 12.1 Å². The van der Waals surface area contributed by atoms with Crippen molar-refractivity contribution in [2.24, 2.45) is 0 Å². The number of likely N-dealkylation sites (N-methyl/N-ethyl adjacent to an activating group) is 1. The lowest BCUT2D eigenvalue weighted by Gasteiger charge is -2.10. The van der Waals surface area contributed by atoms with Gasteiger partial charge in [-0.05, 0) is 49.1 Å². The van der Waals surface area contributed by atoms with Crippen LogP contribution >= 0.6 is 0 Å². The average molecular weight is 258 g/mol. The molecule has 0 aliphatic heterocycles. The van der Waals surface area contributed by atoms with E-state index >= 15 is 0 Å². The fourth-order valence-electron chi connectivity index (χ4n) is 1.87. The van der Waals surface area contributed by atoms with Gasteiger partial charge in [0.25, 0.3) is 5.91 Å². The van der Waals surface area contributed by atoms with Crippen LogP contribution in [0.5, 0.6) is 5.75 Å². The van der Waals surface area contributed by atoms with E-state index in [-0.39, 0.29) is 11.7 Å². The monoisotopic (exact) mass is 258 g/mol. The van der Waals surface area contributed by atoms with Crippen LogP contribution in [0.3, 0.4) is 0 Å². The van der Waals surface area contributed by atoms with E-state index in [0.29, 0.717) is 12.1 Å². The smallest absolute Gasteiger partial charge is 0.251 e. The normalized spacial score (nSPS) is 10.9. The molecule has 0 spiro atoms. The number of carbonyl (C=O) groups excluding carboxylic acids is 1. The molecule has 0 saturated heterocycles. The Hall–Kier alpha value is -2.07. The van der Waals surface area contributed by atoms with Crippen LogP contribution in [-0.4, -0.2) is 43.1 Å². The first kappa shape index (κ1) is 13.4. The molecule has 19 heavy (non-hydrogen) atoms. The number of benzene rings is 2. The molecule has 0 saturated carbocycles. The third kappa shape index (κ3) is 3.45. The quantitative estimate of drug-likeness (QED) is 0.879. The highest BCUT2D eigenvalue weighted by Gasteiger charge is 2.06. The predicted octanol–water partition coefficient (Wildman–Crippen LogP) is 1.84. The van der Waals surface area contributed by atoms with Gasteiger partial charge in [0, 0.05) is 18.7 Å². The molecule has 2 aromatic carbocycles. The molecule has 0 radical (unpaired) electrons. The molecule has 0 atom stereocenters. The van der Waals surface area contributed by atoms with Gasteiger partial charge in [-0.3, -0.25) is 4.79 Å². The standard InChI is InChI=1S/C15H18N2O2/c1-17(2)8-7-16-15(19)13-4-3-12-10-14(18)6-5-11(12)9-13/h3-6,9-10,18H,7-8H2,1-2H3,(H,16,19). The lowest BCUT2D eigenvalue weighted by atomic mass is 10.1. The molecular formula is C15H18N2O2. The van der Waals surface area contributed by atoms with Crippen molar-refractivity contribution in [3.8, 4) is 5.75 Å². The van der Waals surface area contributed by atoms with Gasteiger partial charge in [0.2, 0.25) is 0 Å². The number of phenols is 1. The second kappa shape index (κ2) is 5.71. The zero-order valence-electron chi connectivity index (χ0n) is 11.2. The van der Waals surface area contributed by atoms with Gasteiger partial charge < -0.3 is 15.3 Å². The van der Waals surface area contributed by atoms with E-state index in [1.807, 2.05) is 31.1 Å². The molecule has 4 nitrogen and oxygen atoms in total. The van der Waals surface area contributed by atoms with E-state index in [2.05, 4.69) is 5.32 Å². The molecule has 0 bridgehead atoms. The van der Waals surface area contributed by atoms with E-state index in [0.717, 1.165) is 17.3 Å². The van der Waals surface area contributed by atoms with Crippen molar-refractivity contribution in [3.63, 3.8) is 0 Å². The van der Waals surface area contributed by atoms with Crippen LogP contribution in [0.15, 0.2) is 36.4 Å². The lowest BCUT2D eigenvalue weighted by molar-refractivity contribution is 0.0951. The van der Waals surface area contributed by atoms with Gasteiger partial charge in [0.05, 0.1) is 0 Å². The molecular weight excluding hydrogens is 240 g/mol. The number of hydrogen-bond donors (Lipinski definition) is 2. The number of hydrogen-bond acceptors (Lipinski definition) is 3. The number of nitrogens with zero attached hydrogens (tertiary/aromatic N) is 1. The average Bonchev–Trinajstić information content (AvgIpc) is 2.37. The first-order chi connectivity index (χ1) is 9.06. The van der Waals surface area contributed by atoms with Crippen LogP contribution in [0, 0.1) is 0 Å². The largest absolute Gasteiger partial charge is 0.508 e. The zero-order valence-corrected chi connectivity index (χ0v) is 11.2. The van der Waals surface area contributed by atoms with Crippen LogP contribution in [0.25, 0.3) is 10.8 Å². The third-order valence-corrected chi connectivity index (χ3v) is 2.93. The maximum absolute atomic E-state index is 12.0. The molecule has 2 aromatic rings. The number of amides is 1. The van der Waals surface area contributed by atoms with Crippen LogP contribution in [0.1, 0.15) is 10.4 Å². The second-order valence-corrected chi connectivity index (χ2v) is 4.81. The van der Waals surface area contributed by atoms with Crippen LogP contribution in [-0.2, 0) is 0 Å². The minimum atomic E-state index is -0.0724. The fraction of sp³-hybridized carbons (Fsp3) is 0.267. The van der Waals surface area contributed by atoms with Crippen molar-refractivity contribution in [2.45, 2.75) is 0 Å². The maximum atomic E-state index is 12.0. The molecule has 0 heterocycles. The molecule has 4 heteroatoms. The Kier molecular flexibility index (Phi) is 4.02. The molecule has 0 aromatic heterocycles. The third-order valence-electron chi connectivity index (χ3n) is 2.93. The minimum absolute atomic E-state index is 0.0724. The molecule has 0 unspecified atom stereocenters. The Morgan fingerprint density at radius 3 is 2.58 bits per heavy atom. The van der Waals surface area contributed by atoms with Crippen LogP contribution in [0.2, 0.25) is 0 Å². The summed E-state index contributed by atoms with van der Waals surface area (Å²) in [4.78, 5) is 14.0. The number of carbonyl (C=O) groups is 1. The summed E-state index contributed by atoms with van der Waals surface area (Å²) >= 11 is 0. The van der Waals surface area contributed by atoms with Crippen molar-refractivity contribution in [3.05, 3.63) is 42.0 Å². The summed E-state index contributed by atoms with van der Waals surface area (Å²) in [6.45, 7) is 1.44. The maximum Gasteiger partial charge on any atom is 0.251 e. The Bertz CT molecular complexity index is 594. The van der Waals surface area contributed by atoms with E-state index in [4.69, 9.17) is 0 Å². The Labute approximate surface area is 112 Å². The molecule has 100 valence electrons. The number of aromatic hydroxyl groups is 1. The van der Waals surface area contributed by atoms with Gasteiger partial charge in [-0.25, -0.2) is 0 Å². The minimum Gasteiger partial charge on any atom is -0.508 e. The van der Waals surface area contributed by atoms with Gasteiger partial charge >= 0.3 is 0 Å². The fourth-order valence-corrected chi connectivity index (χ4v) is 1.87. The molecule has 2 N–H and O–H groups in total. The Balaban J connectivity index is 2.12. The van der Waals surface area contributed by atoms with Crippen molar-refractivity contribution in [1.82, 2.24) is 10.2 Å². The van der Waals surface area contributed by atoms with E-state index in [1.165, 1.54) is 0 Å². The number of fused-ring (bicyclic) bond motifs is 1. The van der Waals surface area contributed by atoms with E-state index in [9.17, 15) is 9.90 Å². The summed E-state index contributed by atoms with van der Waals surface area (Å²) in [6.07, 6.45) is 0. The van der Waals surface area contributed by atoms with Crippen molar-refractivity contribution in [2.75, 3.05) is 27.2 Å². The highest BCUT2D eigenvalue weighted by atomic mass is 16.3. The molecule has 0 aliphatic carbocycles. The highest BCUT2D eigenvalue weighted by Crippen LogP contribution is 2.20. The van der Waals surface area contributed by atoms with E-state index in [1.54, 1.807) is 24.3 Å². The molecule has 0 fully saturated rings. The summed E-state index contributed by atoms with van der Waals surface area (Å²) in [6, 6.07) is 10.6. The number of phenolic OH excluding ortho intramolecular Hbond substituents is 1. The van der Waals surface area contributed by atoms with E-state index < -0.39 is 0 Å². The molecule has 1 amide bonds. The highest BCUT2D eigenvalue weighted by molar-refractivity contribution is 5.98. The van der Waals surface area contributed by atoms with Crippen LogP contribution in [0.4, 0.5) is 0 Å². The van der Waals surface area contributed by atoms with Crippen molar-refractivity contribution >= 4 is 16.7 Å². The summed E-state index contributed by atoms with van der Waals surface area (Å²) < 4.78 is 0. The van der Waals surface area contributed by atoms with Crippen molar-refractivity contribution < 1.29 is 9.90 Å². The van der Waals surface area contributed by atoms with Gasteiger partial charge in [-0.2, -0.15) is 0 Å². The first-order valence-corrected chi connectivity index (χ1v) is 6.22. The topological polar surface area (TPSA) is 52.6 Å². The van der Waals surface area contributed by atoms with Crippen molar-refractivity contribution in [1.29, 1.82) is 0 Å². The lowest BCUT2D eigenvalue weighted by Crippen LogP contribution is -2.31. The Morgan fingerprint density at radius 2 is 1.84 bits per heavy atom. The first-order valence-electron chi connectivity index (χ1n) is 6.22. The summed E-state index contributed by atoms with van der Waals surface area (Å²) in [5.74, 6) is 0.160. The number of rotatable bonds is 4. The van der Waals surface area contributed by atoms with Gasteiger partial charge in [0.15, 0.2) is 0 Å². The summed E-state index contributed by atoms with van der Waals surface area (Å²) in [5.41, 5.74) is 0.636. The van der Waals surface area contributed by atoms with Gasteiger partial charge in [0.1, 0.15) is 5.75 Å². The molecule has 2 rings (SSSR count). The second-order valence-electron chi connectivity index (χ2n) is 4.81. The predicted molar refractivity (Wildman–Crippen MR) is 76.5 cm³/mol. The SMILES string of the molecule is CN(C)CCNC(=O)c1ccc2cc(O)ccc2c1. The summed E-state index contributed by atoms with van der Waals surface area (Å²) in [7, 11) is 3.93. The Morgan fingerprint density at radius 1 is 1.16 bits per heavy atom. The number of nitrogens with one attached hydrogen (secondary N) is 1.